The van der Waals surface area contributed by atoms with Gasteiger partial charge in [-0.2, -0.15) is 13.2 Å². The molecule has 3 nitrogen and oxygen atoms in total. The number of anilines is 2. The van der Waals surface area contributed by atoms with Crippen molar-refractivity contribution in [3.63, 3.8) is 0 Å². The molecule has 0 saturated heterocycles. The van der Waals surface area contributed by atoms with Gasteiger partial charge in [-0.05, 0) is 38.1 Å². The zero-order valence-electron chi connectivity index (χ0n) is 13.4. The fourth-order valence-electron chi connectivity index (χ4n) is 2.95. The van der Waals surface area contributed by atoms with Crippen LogP contribution < -0.4 is 5.32 Å². The average Bonchev–Trinajstić information content (AvgIpc) is 2.51. The van der Waals surface area contributed by atoms with Crippen molar-refractivity contribution in [1.29, 1.82) is 0 Å². The molecule has 0 saturated carbocycles. The first-order chi connectivity index (χ1) is 11.6. The molecular weight excluding hydrogens is 360 g/mol. The zero-order valence-corrected chi connectivity index (χ0v) is 14.2. The second kappa shape index (κ2) is 6.14. The molecule has 0 spiro atoms. The molecular formula is C17H15ClF4N2O. The lowest BCUT2D eigenvalue weighted by atomic mass is 9.71. The van der Waals surface area contributed by atoms with Crippen LogP contribution in [0.15, 0.2) is 30.5 Å². The summed E-state index contributed by atoms with van der Waals surface area (Å²) >= 11 is 5.90. The number of nitrogens with zero attached hydrogens (tertiary/aromatic N) is 1. The second-order valence-electron chi connectivity index (χ2n) is 6.13. The summed E-state index contributed by atoms with van der Waals surface area (Å²) in [4.78, 5) is 3.98. The molecule has 25 heavy (non-hydrogen) atoms. The Bertz CT molecular complexity index is 756. The van der Waals surface area contributed by atoms with E-state index in [1.54, 1.807) is 13.8 Å². The highest BCUT2D eigenvalue weighted by Crippen LogP contribution is 2.54. The lowest BCUT2D eigenvalue weighted by Crippen LogP contribution is -2.50. The summed E-state index contributed by atoms with van der Waals surface area (Å²) in [6, 6.07) is 4.43. The van der Waals surface area contributed by atoms with E-state index in [0.29, 0.717) is 0 Å². The van der Waals surface area contributed by atoms with Gasteiger partial charge in [0.2, 0.25) is 0 Å². The topological polar surface area (TPSA) is 34.1 Å². The molecule has 1 aliphatic heterocycles. The Morgan fingerprint density at radius 3 is 2.60 bits per heavy atom. The van der Waals surface area contributed by atoms with Gasteiger partial charge in [0.25, 0.3) is 0 Å². The van der Waals surface area contributed by atoms with E-state index >= 15 is 0 Å². The van der Waals surface area contributed by atoms with Gasteiger partial charge in [0.1, 0.15) is 17.1 Å². The van der Waals surface area contributed by atoms with Crippen molar-refractivity contribution in [2.24, 2.45) is 0 Å². The Morgan fingerprint density at radius 2 is 1.96 bits per heavy atom. The Labute approximate surface area is 147 Å². The number of nitrogens with one attached hydrogen (secondary N) is 1. The normalized spacial score (nSPS) is 19.4. The molecule has 1 aromatic heterocycles. The standard InChI is InChI=1S/C17H15ClF4N2O/c1-9(2)25-8-16(17(20,21)22)12-6-11(19)3-4-14(12)24-15-13(16)5-10(18)7-23-15/h3-7,9H,8H2,1-2H3,(H,23,24). The molecule has 1 aliphatic rings. The van der Waals surface area contributed by atoms with Crippen molar-refractivity contribution in [3.8, 4) is 0 Å². The Kier molecular flexibility index (Phi) is 4.41. The van der Waals surface area contributed by atoms with Crippen molar-refractivity contribution in [3.05, 3.63) is 52.4 Å². The molecule has 1 N–H and O–H groups in total. The van der Waals surface area contributed by atoms with Crippen molar-refractivity contribution < 1.29 is 22.3 Å². The molecule has 8 heteroatoms. The van der Waals surface area contributed by atoms with E-state index in [1.807, 2.05) is 0 Å². The van der Waals surface area contributed by atoms with E-state index in [-0.39, 0.29) is 27.7 Å². The maximum Gasteiger partial charge on any atom is 0.404 e. The largest absolute Gasteiger partial charge is 0.404 e. The summed E-state index contributed by atoms with van der Waals surface area (Å²) in [6.07, 6.45) is -3.94. The Balaban J connectivity index is 2.34. The SMILES string of the molecule is CC(C)OCC1(C(F)(F)F)c2cc(F)ccc2Nc2ncc(Cl)cc21. The summed E-state index contributed by atoms with van der Waals surface area (Å²) in [5, 5.41) is 2.87. The van der Waals surface area contributed by atoms with Crippen molar-refractivity contribution in [2.45, 2.75) is 31.5 Å². The molecule has 0 bridgehead atoms. The van der Waals surface area contributed by atoms with E-state index in [9.17, 15) is 17.6 Å². The number of halogens is 5. The smallest absolute Gasteiger partial charge is 0.377 e. The lowest BCUT2D eigenvalue weighted by Gasteiger charge is -2.41. The maximum absolute atomic E-state index is 14.4. The van der Waals surface area contributed by atoms with Crippen LogP contribution in [-0.4, -0.2) is 23.9 Å². The lowest BCUT2D eigenvalue weighted by molar-refractivity contribution is -0.195. The third-order valence-electron chi connectivity index (χ3n) is 4.13. The molecule has 0 radical (unpaired) electrons. The number of pyridine rings is 1. The molecule has 3 rings (SSSR count). The monoisotopic (exact) mass is 374 g/mol. The third kappa shape index (κ3) is 2.95. The van der Waals surface area contributed by atoms with Crippen LogP contribution in [0.5, 0.6) is 0 Å². The van der Waals surface area contributed by atoms with Gasteiger partial charge < -0.3 is 10.1 Å². The van der Waals surface area contributed by atoms with Crippen LogP contribution in [0, 0.1) is 5.82 Å². The molecule has 0 aliphatic carbocycles. The minimum Gasteiger partial charge on any atom is -0.377 e. The predicted octanol–water partition coefficient (Wildman–Crippen LogP) is 5.20. The van der Waals surface area contributed by atoms with E-state index in [2.05, 4.69) is 10.3 Å². The zero-order chi connectivity index (χ0) is 18.4. The molecule has 1 unspecified atom stereocenters. The number of rotatable bonds is 3. The van der Waals surface area contributed by atoms with E-state index in [0.717, 1.165) is 12.1 Å². The Morgan fingerprint density at radius 1 is 1.24 bits per heavy atom. The van der Waals surface area contributed by atoms with Crippen molar-refractivity contribution in [2.75, 3.05) is 11.9 Å². The van der Waals surface area contributed by atoms with Crippen LogP contribution in [0.25, 0.3) is 0 Å². The molecule has 1 atom stereocenters. The number of hydrogen-bond acceptors (Lipinski definition) is 3. The fourth-order valence-corrected chi connectivity index (χ4v) is 3.11. The average molecular weight is 375 g/mol. The fraction of sp³-hybridized carbons (Fsp3) is 0.353. The van der Waals surface area contributed by atoms with Crippen LogP contribution in [0.3, 0.4) is 0 Å². The highest BCUT2D eigenvalue weighted by atomic mass is 35.5. The third-order valence-corrected chi connectivity index (χ3v) is 4.33. The first-order valence-electron chi connectivity index (χ1n) is 7.56. The quantitative estimate of drug-likeness (QED) is 0.749. The molecule has 1 aromatic carbocycles. The van der Waals surface area contributed by atoms with Crippen LogP contribution in [-0.2, 0) is 10.2 Å². The van der Waals surface area contributed by atoms with E-state index < -0.39 is 30.1 Å². The Hall–Kier alpha value is -1.86. The van der Waals surface area contributed by atoms with Crippen LogP contribution >= 0.6 is 11.6 Å². The second-order valence-corrected chi connectivity index (χ2v) is 6.56. The molecule has 2 heterocycles. The highest BCUT2D eigenvalue weighted by Gasteiger charge is 2.61. The molecule has 0 fully saturated rings. The van der Waals surface area contributed by atoms with Crippen molar-refractivity contribution >= 4 is 23.1 Å². The highest BCUT2D eigenvalue weighted by molar-refractivity contribution is 6.30. The van der Waals surface area contributed by atoms with Gasteiger partial charge >= 0.3 is 6.18 Å². The minimum atomic E-state index is -4.76. The van der Waals surface area contributed by atoms with Gasteiger partial charge in [-0.15, -0.1) is 0 Å². The maximum atomic E-state index is 14.4. The summed E-state index contributed by atoms with van der Waals surface area (Å²) < 4.78 is 62.3. The van der Waals surface area contributed by atoms with Gasteiger partial charge in [0, 0.05) is 23.0 Å². The van der Waals surface area contributed by atoms with Gasteiger partial charge in [-0.3, -0.25) is 0 Å². The number of ether oxygens (including phenoxy) is 1. The van der Waals surface area contributed by atoms with Gasteiger partial charge in [-0.1, -0.05) is 11.6 Å². The first-order valence-corrected chi connectivity index (χ1v) is 7.94. The summed E-state index contributed by atoms with van der Waals surface area (Å²) in [5.74, 6) is -0.745. The number of aromatic nitrogens is 1. The summed E-state index contributed by atoms with van der Waals surface area (Å²) in [6.45, 7) is 2.56. The van der Waals surface area contributed by atoms with Crippen molar-refractivity contribution in [1.82, 2.24) is 4.98 Å². The predicted molar refractivity (Wildman–Crippen MR) is 86.9 cm³/mol. The van der Waals surface area contributed by atoms with Gasteiger partial charge in [-0.25, -0.2) is 9.37 Å². The number of hydrogen-bond donors (Lipinski definition) is 1. The number of alkyl halides is 3. The van der Waals surface area contributed by atoms with Crippen LogP contribution in [0.2, 0.25) is 5.02 Å². The number of benzene rings is 1. The molecule has 0 amide bonds. The molecule has 134 valence electrons. The summed E-state index contributed by atoms with van der Waals surface area (Å²) in [7, 11) is 0. The number of fused-ring (bicyclic) bond motifs is 2. The molecule has 2 aromatic rings. The minimum absolute atomic E-state index is 0.0215. The van der Waals surface area contributed by atoms with Crippen LogP contribution in [0.1, 0.15) is 25.0 Å². The first kappa shape index (κ1) is 17.9. The van der Waals surface area contributed by atoms with Gasteiger partial charge in [0.05, 0.1) is 17.7 Å². The van der Waals surface area contributed by atoms with E-state index in [4.69, 9.17) is 16.3 Å². The summed E-state index contributed by atoms with van der Waals surface area (Å²) in [5.41, 5.74) is -2.88. The van der Waals surface area contributed by atoms with Gasteiger partial charge in [0.15, 0.2) is 0 Å². The van der Waals surface area contributed by atoms with E-state index in [1.165, 1.54) is 18.3 Å². The van der Waals surface area contributed by atoms with Crippen LogP contribution in [0.4, 0.5) is 29.1 Å².